The Morgan fingerprint density at radius 1 is 1.06 bits per heavy atom. The highest BCUT2D eigenvalue weighted by Crippen LogP contribution is 2.39. The monoisotopic (exact) mass is 652 g/mol. The first kappa shape index (κ1) is 32.5. The summed E-state index contributed by atoms with van der Waals surface area (Å²) in [6.45, 7) is 11.1. The second-order valence-corrected chi connectivity index (χ2v) is 14.2. The van der Waals surface area contributed by atoms with Crippen molar-refractivity contribution in [2.75, 3.05) is 6.54 Å². The molecule has 0 bridgehead atoms. The van der Waals surface area contributed by atoms with Crippen LogP contribution < -0.4 is 4.74 Å². The molecule has 0 radical (unpaired) electrons. The minimum absolute atomic E-state index is 0.0707. The van der Waals surface area contributed by atoms with Gasteiger partial charge in [-0.05, 0) is 84.8 Å². The van der Waals surface area contributed by atoms with Gasteiger partial charge in [0.25, 0.3) is 0 Å². The van der Waals surface area contributed by atoms with Crippen LogP contribution in [0.5, 0.6) is 5.88 Å². The number of nitrogens with zero attached hydrogens (tertiary/aromatic N) is 6. The molecule has 10 nitrogen and oxygen atoms in total. The molecule has 0 aliphatic carbocycles. The quantitative estimate of drug-likeness (QED) is 0.186. The largest absolute Gasteiger partial charge is 0.472 e. The Morgan fingerprint density at radius 3 is 2.62 bits per heavy atom. The molecule has 0 saturated heterocycles. The molecule has 0 unspecified atom stereocenters. The number of aromatic nitrogens is 5. The standard InChI is InChI=1S/C36H40N6O4S/c1-6-29-22-41(47(44,45)33-11-9-17-38-36(33)46-29)21-28-19-27(13-12-23(28)3)34(25(5)32(43)18-26-10-8-16-37-20-26)30-14-15-31-35(24(30)4)39-40-42(31)7-2/h8-17,19-20,25,29,34H,6-7,18,21-22H2,1-5H3/t25-,29+,34-/m0/s1. The number of benzene rings is 2. The summed E-state index contributed by atoms with van der Waals surface area (Å²) >= 11 is 0. The van der Waals surface area contributed by atoms with Gasteiger partial charge in [-0.2, -0.15) is 4.31 Å². The Bertz CT molecular complexity index is 2030. The van der Waals surface area contributed by atoms with Gasteiger partial charge < -0.3 is 4.74 Å². The number of pyridine rings is 2. The normalized spacial score (nSPS) is 17.4. The van der Waals surface area contributed by atoms with E-state index < -0.39 is 15.9 Å². The molecular weight excluding hydrogens is 613 g/mol. The van der Waals surface area contributed by atoms with Crippen LogP contribution in [0.2, 0.25) is 0 Å². The third-order valence-corrected chi connectivity index (χ3v) is 11.1. The van der Waals surface area contributed by atoms with Crippen LogP contribution in [0.4, 0.5) is 0 Å². The highest BCUT2D eigenvalue weighted by atomic mass is 32.2. The van der Waals surface area contributed by atoms with Crippen molar-refractivity contribution in [2.45, 2.75) is 77.5 Å². The molecule has 2 aromatic carbocycles. The topological polar surface area (TPSA) is 120 Å². The van der Waals surface area contributed by atoms with Crippen LogP contribution in [-0.2, 0) is 34.3 Å². The van der Waals surface area contributed by atoms with Gasteiger partial charge in [-0.15, -0.1) is 5.10 Å². The smallest absolute Gasteiger partial charge is 0.248 e. The van der Waals surface area contributed by atoms with E-state index in [9.17, 15) is 13.2 Å². The maximum Gasteiger partial charge on any atom is 0.248 e. The maximum absolute atomic E-state index is 13.9. The van der Waals surface area contributed by atoms with E-state index >= 15 is 0 Å². The average molecular weight is 653 g/mol. The van der Waals surface area contributed by atoms with Gasteiger partial charge in [-0.1, -0.05) is 49.4 Å². The van der Waals surface area contributed by atoms with Gasteiger partial charge in [0.15, 0.2) is 0 Å². The van der Waals surface area contributed by atoms with E-state index in [-0.39, 0.29) is 48.1 Å². The summed E-state index contributed by atoms with van der Waals surface area (Å²) in [7, 11) is -3.89. The van der Waals surface area contributed by atoms with E-state index in [0.29, 0.717) is 13.0 Å². The van der Waals surface area contributed by atoms with E-state index in [4.69, 9.17) is 4.74 Å². The Hall–Kier alpha value is -4.48. The van der Waals surface area contributed by atoms with Crippen LogP contribution in [0.1, 0.15) is 66.5 Å². The molecule has 0 N–H and O–H groups in total. The number of carbonyl (C=O) groups is 1. The summed E-state index contributed by atoms with van der Waals surface area (Å²) in [5, 5.41) is 8.84. The number of rotatable bonds is 10. The third kappa shape index (κ3) is 6.29. The molecule has 244 valence electrons. The first-order valence-electron chi connectivity index (χ1n) is 16.1. The number of hydrogen-bond acceptors (Lipinski definition) is 8. The van der Waals surface area contributed by atoms with Gasteiger partial charge in [0.05, 0.1) is 12.1 Å². The molecular formula is C36H40N6O4S. The van der Waals surface area contributed by atoms with E-state index in [1.54, 1.807) is 30.7 Å². The molecule has 0 amide bonds. The van der Waals surface area contributed by atoms with E-state index in [1.165, 1.54) is 4.31 Å². The minimum atomic E-state index is -3.89. The zero-order chi connectivity index (χ0) is 33.3. The predicted octanol–water partition coefficient (Wildman–Crippen LogP) is 5.80. The molecule has 6 rings (SSSR count). The van der Waals surface area contributed by atoms with Crippen LogP contribution in [0.15, 0.2) is 78.1 Å². The fourth-order valence-corrected chi connectivity index (χ4v) is 7.99. The SMILES string of the molecule is CC[C@@H]1CN(Cc2cc([C@@H](c3ccc4c(nnn4CC)c3C)[C@@H](C)C(=O)Cc3cccnc3)ccc2C)S(=O)(=O)c2cccnc2O1. The lowest BCUT2D eigenvalue weighted by atomic mass is 9.76. The third-order valence-electron chi connectivity index (χ3n) is 9.30. The van der Waals surface area contributed by atoms with Crippen molar-refractivity contribution in [1.29, 1.82) is 0 Å². The number of ether oxygens (including phenoxy) is 1. The summed E-state index contributed by atoms with van der Waals surface area (Å²) in [6, 6.07) is 17.2. The molecule has 1 aliphatic rings. The molecule has 3 aromatic heterocycles. The molecule has 5 aromatic rings. The van der Waals surface area contributed by atoms with E-state index in [1.807, 2.05) is 63.6 Å². The molecule has 4 heterocycles. The summed E-state index contributed by atoms with van der Waals surface area (Å²) in [5.74, 6) is -0.490. The van der Waals surface area contributed by atoms with Crippen molar-refractivity contribution in [1.82, 2.24) is 29.3 Å². The Balaban J connectivity index is 1.43. The van der Waals surface area contributed by atoms with Crippen molar-refractivity contribution in [2.24, 2.45) is 5.92 Å². The highest BCUT2D eigenvalue weighted by molar-refractivity contribution is 7.89. The molecule has 3 atom stereocenters. The minimum Gasteiger partial charge on any atom is -0.472 e. The second kappa shape index (κ2) is 13.3. The summed E-state index contributed by atoms with van der Waals surface area (Å²) in [6.07, 6.45) is 5.52. The zero-order valence-electron chi connectivity index (χ0n) is 27.4. The number of aryl methyl sites for hydroxylation is 3. The Kier molecular flexibility index (Phi) is 9.20. The van der Waals surface area contributed by atoms with Gasteiger partial charge in [-0.3, -0.25) is 9.78 Å². The predicted molar refractivity (Wildman–Crippen MR) is 180 cm³/mol. The van der Waals surface area contributed by atoms with Crippen molar-refractivity contribution in [3.8, 4) is 5.88 Å². The number of carbonyl (C=O) groups excluding carboxylic acids is 1. The van der Waals surface area contributed by atoms with Gasteiger partial charge in [-0.25, -0.2) is 18.1 Å². The molecule has 1 aliphatic heterocycles. The van der Waals surface area contributed by atoms with Crippen LogP contribution in [0.25, 0.3) is 11.0 Å². The lowest BCUT2D eigenvalue weighted by Gasteiger charge is -2.28. The van der Waals surface area contributed by atoms with E-state index in [0.717, 1.165) is 44.4 Å². The van der Waals surface area contributed by atoms with Crippen LogP contribution in [-0.4, -0.2) is 56.1 Å². The lowest BCUT2D eigenvalue weighted by molar-refractivity contribution is -0.122. The van der Waals surface area contributed by atoms with Crippen molar-refractivity contribution in [3.63, 3.8) is 0 Å². The summed E-state index contributed by atoms with van der Waals surface area (Å²) in [4.78, 5) is 22.4. The summed E-state index contributed by atoms with van der Waals surface area (Å²) in [5.41, 5.74) is 7.32. The number of ketones is 1. The fraction of sp³-hybridized carbons (Fsp3) is 0.361. The first-order valence-corrected chi connectivity index (χ1v) is 17.5. The van der Waals surface area contributed by atoms with Crippen molar-refractivity contribution in [3.05, 3.63) is 107 Å². The summed E-state index contributed by atoms with van der Waals surface area (Å²) < 4.78 is 37.3. The molecule has 0 fully saturated rings. The van der Waals surface area contributed by atoms with Crippen LogP contribution in [0.3, 0.4) is 0 Å². The van der Waals surface area contributed by atoms with Gasteiger partial charge in [0.2, 0.25) is 15.9 Å². The molecule has 47 heavy (non-hydrogen) atoms. The van der Waals surface area contributed by atoms with Crippen LogP contribution >= 0.6 is 0 Å². The molecule has 0 saturated carbocycles. The highest BCUT2D eigenvalue weighted by Gasteiger charge is 2.36. The fourth-order valence-electron chi connectivity index (χ4n) is 6.47. The molecule has 0 spiro atoms. The number of hydrogen-bond donors (Lipinski definition) is 0. The Labute approximate surface area is 275 Å². The van der Waals surface area contributed by atoms with Gasteiger partial charge in [0, 0.05) is 49.9 Å². The zero-order valence-corrected chi connectivity index (χ0v) is 28.2. The lowest BCUT2D eigenvalue weighted by Crippen LogP contribution is -2.36. The first-order chi connectivity index (χ1) is 22.6. The number of Topliss-reactive ketones (excluding diaryl/α,β-unsaturated/α-hetero) is 1. The van der Waals surface area contributed by atoms with Gasteiger partial charge in [0.1, 0.15) is 22.3 Å². The Morgan fingerprint density at radius 2 is 1.87 bits per heavy atom. The number of fused-ring (bicyclic) bond motifs is 2. The van der Waals surface area contributed by atoms with Gasteiger partial charge >= 0.3 is 0 Å². The van der Waals surface area contributed by atoms with Crippen LogP contribution in [0, 0.1) is 19.8 Å². The van der Waals surface area contributed by atoms with Crippen molar-refractivity contribution >= 4 is 26.8 Å². The number of sulfonamides is 1. The second-order valence-electron chi connectivity index (χ2n) is 12.3. The van der Waals surface area contributed by atoms with E-state index in [2.05, 4.69) is 38.5 Å². The molecule has 11 heteroatoms. The van der Waals surface area contributed by atoms with Crippen molar-refractivity contribution < 1.29 is 17.9 Å². The maximum atomic E-state index is 13.9. The average Bonchev–Trinajstić information content (AvgIpc) is 3.46.